The predicted octanol–water partition coefficient (Wildman–Crippen LogP) is 2.11. The molecule has 3 atom stereocenters. The highest BCUT2D eigenvalue weighted by molar-refractivity contribution is 5.67. The van der Waals surface area contributed by atoms with Crippen molar-refractivity contribution >= 4 is 6.09 Å². The average Bonchev–Trinajstić information content (AvgIpc) is 3.03. The van der Waals surface area contributed by atoms with Crippen molar-refractivity contribution in [2.24, 2.45) is 5.92 Å². The quantitative estimate of drug-likeness (QED) is 0.840. The molecule has 1 aliphatic carbocycles. The monoisotopic (exact) mass is 235 g/mol. The minimum Gasteiger partial charge on any atom is -0.465 e. The zero-order valence-corrected chi connectivity index (χ0v) is 9.78. The van der Waals surface area contributed by atoms with Crippen LogP contribution in [0.4, 0.5) is 4.79 Å². The Labute approximate surface area is 100 Å². The summed E-state index contributed by atoms with van der Waals surface area (Å²) in [5, 5.41) is 18.7. The van der Waals surface area contributed by atoms with Crippen LogP contribution in [0.2, 0.25) is 0 Å². The van der Waals surface area contributed by atoms with Gasteiger partial charge in [-0.3, -0.25) is 4.90 Å². The van der Waals surface area contributed by atoms with E-state index in [0.717, 1.165) is 12.0 Å². The van der Waals surface area contributed by atoms with E-state index in [2.05, 4.69) is 0 Å². The van der Waals surface area contributed by atoms with Gasteiger partial charge >= 0.3 is 6.09 Å². The molecule has 1 aromatic rings. The third-order valence-corrected chi connectivity index (χ3v) is 3.34. The first kappa shape index (κ1) is 11.9. The lowest BCUT2D eigenvalue weighted by Crippen LogP contribution is -2.38. The summed E-state index contributed by atoms with van der Waals surface area (Å²) in [6.07, 6.45) is -0.0717. The van der Waals surface area contributed by atoms with Gasteiger partial charge in [0.05, 0.1) is 12.6 Å². The van der Waals surface area contributed by atoms with Crippen LogP contribution in [-0.4, -0.2) is 33.9 Å². The first-order chi connectivity index (χ1) is 8.15. The van der Waals surface area contributed by atoms with E-state index in [4.69, 9.17) is 0 Å². The molecule has 0 bridgehead atoms. The molecule has 4 heteroatoms. The highest BCUT2D eigenvalue weighted by atomic mass is 16.4. The van der Waals surface area contributed by atoms with Crippen molar-refractivity contribution in [3.63, 3.8) is 0 Å². The Balaban J connectivity index is 2.24. The minimum absolute atomic E-state index is 0.0462. The summed E-state index contributed by atoms with van der Waals surface area (Å²) in [4.78, 5) is 12.7. The molecule has 2 rings (SSSR count). The first-order valence-electron chi connectivity index (χ1n) is 5.82. The van der Waals surface area contributed by atoms with E-state index in [1.54, 1.807) is 0 Å². The van der Waals surface area contributed by atoms with Crippen LogP contribution in [0.5, 0.6) is 0 Å². The van der Waals surface area contributed by atoms with Crippen LogP contribution < -0.4 is 0 Å². The number of nitrogens with zero attached hydrogens (tertiary/aromatic N) is 1. The van der Waals surface area contributed by atoms with Crippen LogP contribution in [0.1, 0.15) is 24.9 Å². The summed E-state index contributed by atoms with van der Waals surface area (Å²) >= 11 is 0. The van der Waals surface area contributed by atoms with Crippen LogP contribution in [-0.2, 0) is 0 Å². The number of aliphatic hydroxyl groups excluding tert-OH is 1. The fourth-order valence-corrected chi connectivity index (χ4v) is 2.23. The van der Waals surface area contributed by atoms with Gasteiger partial charge in [-0.05, 0) is 17.9 Å². The van der Waals surface area contributed by atoms with Crippen molar-refractivity contribution in [3.8, 4) is 0 Å². The Bertz CT molecular complexity index is 393. The second-order valence-electron chi connectivity index (χ2n) is 4.58. The number of amides is 1. The van der Waals surface area contributed by atoms with Crippen molar-refractivity contribution in [2.45, 2.75) is 25.4 Å². The Morgan fingerprint density at radius 1 is 1.47 bits per heavy atom. The van der Waals surface area contributed by atoms with Crippen molar-refractivity contribution in [1.82, 2.24) is 4.90 Å². The number of benzene rings is 1. The largest absolute Gasteiger partial charge is 0.465 e. The maximum atomic E-state index is 11.3. The zero-order chi connectivity index (χ0) is 12.4. The fraction of sp³-hybridized carbons (Fsp3) is 0.462. The Morgan fingerprint density at radius 2 is 2.06 bits per heavy atom. The third-order valence-electron chi connectivity index (χ3n) is 3.34. The molecule has 0 aromatic heterocycles. The predicted molar refractivity (Wildman–Crippen MR) is 63.7 cm³/mol. The average molecular weight is 235 g/mol. The van der Waals surface area contributed by atoms with Gasteiger partial charge in [0, 0.05) is 6.04 Å². The molecule has 0 saturated heterocycles. The van der Waals surface area contributed by atoms with Crippen molar-refractivity contribution in [1.29, 1.82) is 0 Å². The summed E-state index contributed by atoms with van der Waals surface area (Å²) in [6, 6.07) is 8.88. The van der Waals surface area contributed by atoms with Gasteiger partial charge in [-0.2, -0.15) is 0 Å². The van der Waals surface area contributed by atoms with Crippen LogP contribution in [0, 0.1) is 5.92 Å². The Morgan fingerprint density at radius 3 is 2.47 bits per heavy atom. The number of aliphatic hydroxyl groups is 1. The topological polar surface area (TPSA) is 60.8 Å². The van der Waals surface area contributed by atoms with E-state index in [1.807, 2.05) is 37.3 Å². The maximum absolute atomic E-state index is 11.3. The molecule has 1 aliphatic rings. The van der Waals surface area contributed by atoms with Gasteiger partial charge in [0.1, 0.15) is 0 Å². The van der Waals surface area contributed by atoms with E-state index in [0.29, 0.717) is 5.92 Å². The molecule has 0 spiro atoms. The molecule has 0 radical (unpaired) electrons. The number of carbonyl (C=O) groups is 1. The van der Waals surface area contributed by atoms with Crippen molar-refractivity contribution < 1.29 is 15.0 Å². The van der Waals surface area contributed by atoms with Crippen LogP contribution in [0.15, 0.2) is 30.3 Å². The number of hydrogen-bond donors (Lipinski definition) is 2. The van der Waals surface area contributed by atoms with Gasteiger partial charge in [-0.15, -0.1) is 0 Å². The highest BCUT2D eigenvalue weighted by Gasteiger charge is 2.44. The van der Waals surface area contributed by atoms with E-state index in [1.165, 1.54) is 4.90 Å². The lowest BCUT2D eigenvalue weighted by atomic mass is 10.1. The van der Waals surface area contributed by atoms with Crippen LogP contribution >= 0.6 is 0 Å². The van der Waals surface area contributed by atoms with Crippen molar-refractivity contribution in [3.05, 3.63) is 35.9 Å². The SMILES string of the molecule is C[C@H]1CC1N(C(=O)O)[C@@H](CO)c1ccccc1. The molecule has 1 unspecified atom stereocenters. The zero-order valence-electron chi connectivity index (χ0n) is 9.78. The smallest absolute Gasteiger partial charge is 0.408 e. The van der Waals surface area contributed by atoms with Gasteiger partial charge in [0.25, 0.3) is 0 Å². The van der Waals surface area contributed by atoms with Crippen LogP contribution in [0.3, 0.4) is 0 Å². The summed E-state index contributed by atoms with van der Waals surface area (Å²) < 4.78 is 0. The molecule has 2 N–H and O–H groups in total. The molecule has 4 nitrogen and oxygen atoms in total. The van der Waals surface area contributed by atoms with E-state index < -0.39 is 12.1 Å². The number of rotatable bonds is 4. The lowest BCUT2D eigenvalue weighted by Gasteiger charge is -2.28. The molecule has 0 aliphatic heterocycles. The van der Waals surface area contributed by atoms with E-state index in [-0.39, 0.29) is 12.6 Å². The summed E-state index contributed by atoms with van der Waals surface area (Å²) in [5.74, 6) is 0.392. The third kappa shape index (κ3) is 2.42. The second-order valence-corrected chi connectivity index (χ2v) is 4.58. The first-order valence-corrected chi connectivity index (χ1v) is 5.82. The lowest BCUT2D eigenvalue weighted by molar-refractivity contribution is 0.0903. The summed E-state index contributed by atoms with van der Waals surface area (Å²) in [5.41, 5.74) is 0.844. The van der Waals surface area contributed by atoms with E-state index >= 15 is 0 Å². The molecule has 1 saturated carbocycles. The Kier molecular flexibility index (Phi) is 3.33. The van der Waals surface area contributed by atoms with Gasteiger partial charge in [0.2, 0.25) is 0 Å². The minimum atomic E-state index is -0.956. The second kappa shape index (κ2) is 4.75. The Hall–Kier alpha value is -1.55. The van der Waals surface area contributed by atoms with Crippen LogP contribution in [0.25, 0.3) is 0 Å². The molecule has 17 heavy (non-hydrogen) atoms. The molecule has 92 valence electrons. The molecular formula is C13H17NO3. The molecule has 1 fully saturated rings. The summed E-state index contributed by atoms with van der Waals surface area (Å²) in [7, 11) is 0. The molecule has 1 aromatic carbocycles. The summed E-state index contributed by atoms with van der Waals surface area (Å²) in [6.45, 7) is 1.85. The van der Waals surface area contributed by atoms with Gasteiger partial charge < -0.3 is 10.2 Å². The number of hydrogen-bond acceptors (Lipinski definition) is 2. The number of carboxylic acid groups (broad SMARTS) is 1. The van der Waals surface area contributed by atoms with Crippen molar-refractivity contribution in [2.75, 3.05) is 6.61 Å². The molecule has 0 heterocycles. The standard InChI is InChI=1S/C13H17NO3/c1-9-7-11(9)14(13(16)17)12(8-15)10-5-3-2-4-6-10/h2-6,9,11-12,15H,7-8H2,1H3,(H,16,17)/t9-,11?,12-/m0/s1. The fourth-order valence-electron chi connectivity index (χ4n) is 2.23. The van der Waals surface area contributed by atoms with E-state index in [9.17, 15) is 15.0 Å². The van der Waals surface area contributed by atoms with Gasteiger partial charge in [0.15, 0.2) is 0 Å². The maximum Gasteiger partial charge on any atom is 0.408 e. The highest BCUT2D eigenvalue weighted by Crippen LogP contribution is 2.39. The van der Waals surface area contributed by atoms with Gasteiger partial charge in [-0.1, -0.05) is 37.3 Å². The van der Waals surface area contributed by atoms with Gasteiger partial charge in [-0.25, -0.2) is 4.79 Å². The normalized spacial score (nSPS) is 24.1. The molecular weight excluding hydrogens is 218 g/mol. The molecule has 1 amide bonds.